The Morgan fingerprint density at radius 3 is 2.88 bits per heavy atom. The van der Waals surface area contributed by atoms with Crippen LogP contribution in [0, 0.1) is 5.92 Å². The first kappa shape index (κ1) is 10.9. The van der Waals surface area contributed by atoms with Gasteiger partial charge in [0.1, 0.15) is 5.82 Å². The number of aromatic carboxylic acids is 1. The van der Waals surface area contributed by atoms with Crippen LogP contribution in [0.5, 0.6) is 0 Å². The van der Waals surface area contributed by atoms with Crippen molar-refractivity contribution in [3.8, 4) is 0 Å². The lowest BCUT2D eigenvalue weighted by Gasteiger charge is -2.13. The molecule has 1 unspecified atom stereocenters. The number of carboxylic acids is 1. The zero-order chi connectivity index (χ0) is 11.5. The van der Waals surface area contributed by atoms with Crippen LogP contribution in [0.15, 0.2) is 18.3 Å². The third-order valence-electron chi connectivity index (χ3n) is 2.79. The van der Waals surface area contributed by atoms with E-state index in [1.165, 1.54) is 25.5 Å². The van der Waals surface area contributed by atoms with Gasteiger partial charge in [0.25, 0.3) is 0 Å². The smallest absolute Gasteiger partial charge is 0.337 e. The standard InChI is InChI=1S/C12H16N2O2/c1-8(6-9-2-3-9)14-11-5-4-10(7-13-11)12(15)16/h4-5,7-9H,2-3,6H2,1H3,(H,13,14)(H,15,16). The van der Waals surface area contributed by atoms with Crippen LogP contribution in [0.2, 0.25) is 0 Å². The molecule has 0 radical (unpaired) electrons. The number of nitrogens with zero attached hydrogens (tertiary/aromatic N) is 1. The van der Waals surface area contributed by atoms with Gasteiger partial charge < -0.3 is 10.4 Å². The van der Waals surface area contributed by atoms with Gasteiger partial charge in [-0.2, -0.15) is 0 Å². The van der Waals surface area contributed by atoms with E-state index in [9.17, 15) is 4.79 Å². The Hall–Kier alpha value is -1.58. The molecule has 1 aliphatic carbocycles. The molecular weight excluding hydrogens is 204 g/mol. The van der Waals surface area contributed by atoms with E-state index in [0.717, 1.165) is 11.7 Å². The molecule has 1 aromatic heterocycles. The molecule has 0 amide bonds. The zero-order valence-corrected chi connectivity index (χ0v) is 9.31. The Morgan fingerprint density at radius 1 is 1.62 bits per heavy atom. The molecule has 2 rings (SSSR count). The fourth-order valence-corrected chi connectivity index (χ4v) is 1.77. The van der Waals surface area contributed by atoms with E-state index in [0.29, 0.717) is 6.04 Å². The lowest BCUT2D eigenvalue weighted by Crippen LogP contribution is -2.16. The van der Waals surface area contributed by atoms with Crippen LogP contribution in [-0.2, 0) is 0 Å². The number of anilines is 1. The molecule has 0 aromatic carbocycles. The summed E-state index contributed by atoms with van der Waals surface area (Å²) in [5.41, 5.74) is 0.223. The summed E-state index contributed by atoms with van der Waals surface area (Å²) in [5, 5.41) is 12.0. The summed E-state index contributed by atoms with van der Waals surface area (Å²) in [7, 11) is 0. The molecule has 86 valence electrons. The van der Waals surface area contributed by atoms with Crippen LogP contribution >= 0.6 is 0 Å². The third-order valence-corrected chi connectivity index (χ3v) is 2.79. The second-order valence-electron chi connectivity index (χ2n) is 4.46. The van der Waals surface area contributed by atoms with E-state index >= 15 is 0 Å². The maximum absolute atomic E-state index is 10.6. The van der Waals surface area contributed by atoms with Gasteiger partial charge in [0, 0.05) is 12.2 Å². The second-order valence-corrected chi connectivity index (χ2v) is 4.46. The fourth-order valence-electron chi connectivity index (χ4n) is 1.77. The number of nitrogens with one attached hydrogen (secondary N) is 1. The number of carbonyl (C=O) groups is 1. The van der Waals surface area contributed by atoms with Gasteiger partial charge in [0.2, 0.25) is 0 Å². The van der Waals surface area contributed by atoms with Crippen molar-refractivity contribution in [2.75, 3.05) is 5.32 Å². The second kappa shape index (κ2) is 4.51. The van der Waals surface area contributed by atoms with Crippen molar-refractivity contribution in [3.05, 3.63) is 23.9 Å². The molecule has 1 atom stereocenters. The highest BCUT2D eigenvalue weighted by Crippen LogP contribution is 2.33. The number of hydrogen-bond donors (Lipinski definition) is 2. The Labute approximate surface area is 94.7 Å². The van der Waals surface area contributed by atoms with Gasteiger partial charge in [-0.1, -0.05) is 12.8 Å². The van der Waals surface area contributed by atoms with E-state index in [2.05, 4.69) is 17.2 Å². The average Bonchev–Trinajstić information content (AvgIpc) is 3.02. The van der Waals surface area contributed by atoms with Crippen molar-refractivity contribution >= 4 is 11.8 Å². The predicted octanol–water partition coefficient (Wildman–Crippen LogP) is 2.38. The van der Waals surface area contributed by atoms with Crippen molar-refractivity contribution < 1.29 is 9.90 Å². The van der Waals surface area contributed by atoms with Gasteiger partial charge in [0.05, 0.1) is 5.56 Å². The van der Waals surface area contributed by atoms with Crippen LogP contribution in [0.1, 0.15) is 36.5 Å². The molecule has 1 heterocycles. The van der Waals surface area contributed by atoms with E-state index in [1.54, 1.807) is 12.1 Å². The first-order valence-corrected chi connectivity index (χ1v) is 5.61. The van der Waals surface area contributed by atoms with Gasteiger partial charge in [-0.25, -0.2) is 9.78 Å². The SMILES string of the molecule is CC(CC1CC1)Nc1ccc(C(=O)O)cn1. The quantitative estimate of drug-likeness (QED) is 0.799. The van der Waals surface area contributed by atoms with Crippen LogP contribution < -0.4 is 5.32 Å². The molecule has 16 heavy (non-hydrogen) atoms. The first-order chi connectivity index (χ1) is 7.65. The molecule has 0 aliphatic heterocycles. The Morgan fingerprint density at radius 2 is 2.38 bits per heavy atom. The number of aromatic nitrogens is 1. The third kappa shape index (κ3) is 2.95. The summed E-state index contributed by atoms with van der Waals surface area (Å²) in [5.74, 6) is 0.684. The maximum Gasteiger partial charge on any atom is 0.337 e. The lowest BCUT2D eigenvalue weighted by molar-refractivity contribution is 0.0696. The zero-order valence-electron chi connectivity index (χ0n) is 9.31. The van der Waals surface area contributed by atoms with Crippen molar-refractivity contribution in [1.82, 2.24) is 4.98 Å². The molecule has 1 saturated carbocycles. The molecule has 2 N–H and O–H groups in total. The number of rotatable bonds is 5. The molecule has 1 aromatic rings. The van der Waals surface area contributed by atoms with E-state index in [4.69, 9.17) is 5.11 Å². The summed E-state index contributed by atoms with van der Waals surface area (Å²) in [6.07, 6.45) is 5.24. The Bertz CT molecular complexity index is 371. The number of hydrogen-bond acceptors (Lipinski definition) is 3. The summed E-state index contributed by atoms with van der Waals surface area (Å²) in [6.45, 7) is 2.13. The summed E-state index contributed by atoms with van der Waals surface area (Å²) < 4.78 is 0. The molecule has 0 bridgehead atoms. The first-order valence-electron chi connectivity index (χ1n) is 5.61. The van der Waals surface area contributed by atoms with Crippen LogP contribution in [0.25, 0.3) is 0 Å². The highest BCUT2D eigenvalue weighted by molar-refractivity contribution is 5.87. The monoisotopic (exact) mass is 220 g/mol. The van der Waals surface area contributed by atoms with Crippen molar-refractivity contribution in [2.24, 2.45) is 5.92 Å². The minimum Gasteiger partial charge on any atom is -0.478 e. The topological polar surface area (TPSA) is 62.2 Å². The van der Waals surface area contributed by atoms with Gasteiger partial charge in [0.15, 0.2) is 0 Å². The molecule has 0 saturated heterocycles. The Balaban J connectivity index is 1.90. The van der Waals surface area contributed by atoms with Crippen molar-refractivity contribution in [2.45, 2.75) is 32.2 Å². The Kier molecular flexibility index (Phi) is 3.08. The molecule has 4 heteroatoms. The highest BCUT2D eigenvalue weighted by Gasteiger charge is 2.23. The lowest BCUT2D eigenvalue weighted by atomic mass is 10.1. The maximum atomic E-state index is 10.6. The van der Waals surface area contributed by atoms with Gasteiger partial charge in [-0.05, 0) is 31.4 Å². The van der Waals surface area contributed by atoms with Crippen LogP contribution in [0.4, 0.5) is 5.82 Å². The molecule has 0 spiro atoms. The van der Waals surface area contributed by atoms with E-state index in [1.807, 2.05) is 0 Å². The number of pyridine rings is 1. The van der Waals surface area contributed by atoms with Crippen LogP contribution in [0.3, 0.4) is 0 Å². The summed E-state index contributed by atoms with van der Waals surface area (Å²) >= 11 is 0. The minimum absolute atomic E-state index is 0.223. The number of carboxylic acid groups (broad SMARTS) is 1. The summed E-state index contributed by atoms with van der Waals surface area (Å²) in [4.78, 5) is 14.7. The molecule has 4 nitrogen and oxygen atoms in total. The predicted molar refractivity (Wildman–Crippen MR) is 61.6 cm³/mol. The normalized spacial score (nSPS) is 16.8. The van der Waals surface area contributed by atoms with Crippen LogP contribution in [-0.4, -0.2) is 22.1 Å². The fraction of sp³-hybridized carbons (Fsp3) is 0.500. The van der Waals surface area contributed by atoms with E-state index in [-0.39, 0.29) is 5.56 Å². The van der Waals surface area contributed by atoms with E-state index < -0.39 is 5.97 Å². The van der Waals surface area contributed by atoms with Crippen molar-refractivity contribution in [3.63, 3.8) is 0 Å². The molecule has 1 fully saturated rings. The highest BCUT2D eigenvalue weighted by atomic mass is 16.4. The minimum atomic E-state index is -0.940. The molecule has 1 aliphatic rings. The molecular formula is C12H16N2O2. The van der Waals surface area contributed by atoms with Crippen molar-refractivity contribution in [1.29, 1.82) is 0 Å². The van der Waals surface area contributed by atoms with Gasteiger partial charge in [-0.15, -0.1) is 0 Å². The van der Waals surface area contributed by atoms with Gasteiger partial charge >= 0.3 is 5.97 Å². The average molecular weight is 220 g/mol. The van der Waals surface area contributed by atoms with Gasteiger partial charge in [-0.3, -0.25) is 0 Å². The summed E-state index contributed by atoms with van der Waals surface area (Å²) in [6, 6.07) is 3.68. The largest absolute Gasteiger partial charge is 0.478 e.